The number of carbonyl (C=O) groups excluding carboxylic acids is 1. The van der Waals surface area contributed by atoms with E-state index in [2.05, 4.69) is 15.3 Å². The summed E-state index contributed by atoms with van der Waals surface area (Å²) in [4.78, 5) is 19.5. The Morgan fingerprint density at radius 2 is 2.21 bits per heavy atom. The van der Waals surface area contributed by atoms with E-state index in [0.29, 0.717) is 5.56 Å². The number of hydrogen-bond acceptors (Lipinski definition) is 3. The molecule has 0 aliphatic heterocycles. The lowest BCUT2D eigenvalue weighted by atomic mass is 10.2. The van der Waals surface area contributed by atoms with Gasteiger partial charge in [-0.25, -0.2) is 4.98 Å². The molecule has 0 fully saturated rings. The van der Waals surface area contributed by atoms with Crippen LogP contribution in [0, 0.1) is 0 Å². The molecule has 3 aromatic rings. The third-order valence-electron chi connectivity index (χ3n) is 2.95. The predicted octanol–water partition coefficient (Wildman–Crippen LogP) is 2.65. The van der Waals surface area contributed by atoms with E-state index in [9.17, 15) is 4.79 Å². The molecule has 19 heavy (non-hydrogen) atoms. The Balaban J connectivity index is 1.80. The summed E-state index contributed by atoms with van der Waals surface area (Å²) in [5.41, 5.74) is 2.35. The third kappa shape index (κ3) is 2.22. The monoisotopic (exact) mass is 255 g/mol. The number of imidazole rings is 1. The quantitative estimate of drug-likeness (QED) is 0.755. The van der Waals surface area contributed by atoms with Crippen LogP contribution in [-0.2, 0) is 0 Å². The first-order valence-electron chi connectivity index (χ1n) is 6.02. The summed E-state index contributed by atoms with van der Waals surface area (Å²) in [5.74, 6) is 0.555. The van der Waals surface area contributed by atoms with Gasteiger partial charge in [0.1, 0.15) is 12.1 Å². The fourth-order valence-corrected chi connectivity index (χ4v) is 1.92. The number of aromatic amines is 1. The number of nitrogens with zero attached hydrogens (tertiary/aromatic N) is 1. The van der Waals surface area contributed by atoms with Crippen molar-refractivity contribution in [1.29, 1.82) is 0 Å². The molecule has 2 aromatic heterocycles. The number of aromatic nitrogens is 2. The second-order valence-electron chi connectivity index (χ2n) is 4.35. The van der Waals surface area contributed by atoms with Gasteiger partial charge in [0.2, 0.25) is 0 Å². The van der Waals surface area contributed by atoms with Crippen LogP contribution in [0.4, 0.5) is 0 Å². The van der Waals surface area contributed by atoms with Gasteiger partial charge in [0.05, 0.1) is 28.9 Å². The van der Waals surface area contributed by atoms with Crippen molar-refractivity contribution in [3.8, 4) is 0 Å². The molecular formula is C14H13N3O2. The smallest absolute Gasteiger partial charge is 0.255 e. The van der Waals surface area contributed by atoms with Crippen molar-refractivity contribution in [2.24, 2.45) is 0 Å². The van der Waals surface area contributed by atoms with Crippen LogP contribution < -0.4 is 5.32 Å². The molecule has 96 valence electrons. The Labute approximate surface area is 109 Å². The number of rotatable bonds is 3. The van der Waals surface area contributed by atoms with Gasteiger partial charge in [-0.1, -0.05) is 12.1 Å². The van der Waals surface area contributed by atoms with E-state index in [1.807, 2.05) is 31.2 Å². The SMILES string of the molecule is C[C@H](NC(=O)c1ccoc1)c1nc2ccccc2[nH]1. The molecule has 0 radical (unpaired) electrons. The highest BCUT2D eigenvalue weighted by molar-refractivity contribution is 5.94. The zero-order chi connectivity index (χ0) is 13.2. The lowest BCUT2D eigenvalue weighted by Gasteiger charge is -2.10. The van der Waals surface area contributed by atoms with Gasteiger partial charge in [0.15, 0.2) is 0 Å². The molecule has 0 bridgehead atoms. The minimum absolute atomic E-state index is 0.179. The summed E-state index contributed by atoms with van der Waals surface area (Å²) in [6.07, 6.45) is 2.89. The largest absolute Gasteiger partial charge is 0.472 e. The summed E-state index contributed by atoms with van der Waals surface area (Å²) in [7, 11) is 0. The lowest BCUT2D eigenvalue weighted by Crippen LogP contribution is -2.26. The van der Waals surface area contributed by atoms with E-state index in [1.165, 1.54) is 12.5 Å². The zero-order valence-electron chi connectivity index (χ0n) is 10.4. The Morgan fingerprint density at radius 1 is 1.37 bits per heavy atom. The molecule has 0 aliphatic rings. The van der Waals surface area contributed by atoms with Crippen molar-refractivity contribution in [2.75, 3.05) is 0 Å². The van der Waals surface area contributed by atoms with Crippen LogP contribution in [0.2, 0.25) is 0 Å². The highest BCUT2D eigenvalue weighted by atomic mass is 16.3. The number of fused-ring (bicyclic) bond motifs is 1. The fraction of sp³-hybridized carbons (Fsp3) is 0.143. The van der Waals surface area contributed by atoms with Gasteiger partial charge in [-0.05, 0) is 25.1 Å². The standard InChI is InChI=1S/C14H13N3O2/c1-9(15-14(18)10-6-7-19-8-10)13-16-11-4-2-3-5-12(11)17-13/h2-9H,1H3,(H,15,18)(H,16,17)/t9-/m0/s1. The molecule has 1 aromatic carbocycles. The first-order chi connectivity index (χ1) is 9.24. The Morgan fingerprint density at radius 3 is 2.95 bits per heavy atom. The molecule has 0 unspecified atom stereocenters. The van der Waals surface area contributed by atoms with Crippen LogP contribution in [0.1, 0.15) is 29.1 Å². The average Bonchev–Trinajstić information content (AvgIpc) is 3.07. The Bertz CT molecular complexity index is 667. The van der Waals surface area contributed by atoms with Gasteiger partial charge in [-0.2, -0.15) is 0 Å². The predicted molar refractivity (Wildman–Crippen MR) is 70.7 cm³/mol. The van der Waals surface area contributed by atoms with Crippen molar-refractivity contribution in [1.82, 2.24) is 15.3 Å². The molecule has 1 amide bonds. The molecule has 0 saturated carbocycles. The minimum Gasteiger partial charge on any atom is -0.472 e. The Kier molecular flexibility index (Phi) is 2.79. The van der Waals surface area contributed by atoms with E-state index in [0.717, 1.165) is 16.9 Å². The number of H-pyrrole nitrogens is 1. The maximum atomic E-state index is 11.9. The van der Waals surface area contributed by atoms with Gasteiger partial charge >= 0.3 is 0 Å². The number of carbonyl (C=O) groups is 1. The van der Waals surface area contributed by atoms with Crippen LogP contribution in [0.5, 0.6) is 0 Å². The van der Waals surface area contributed by atoms with Crippen LogP contribution in [0.15, 0.2) is 47.3 Å². The van der Waals surface area contributed by atoms with Crippen LogP contribution in [0.3, 0.4) is 0 Å². The van der Waals surface area contributed by atoms with Gasteiger partial charge < -0.3 is 14.7 Å². The number of amides is 1. The molecular weight excluding hydrogens is 242 g/mol. The fourth-order valence-electron chi connectivity index (χ4n) is 1.92. The normalized spacial score (nSPS) is 12.5. The lowest BCUT2D eigenvalue weighted by molar-refractivity contribution is 0.0938. The highest BCUT2D eigenvalue weighted by Crippen LogP contribution is 2.16. The summed E-state index contributed by atoms with van der Waals surface area (Å²) >= 11 is 0. The summed E-state index contributed by atoms with van der Waals surface area (Å²) in [6, 6.07) is 9.19. The highest BCUT2D eigenvalue weighted by Gasteiger charge is 2.15. The number of nitrogens with one attached hydrogen (secondary N) is 2. The van der Waals surface area contributed by atoms with Gasteiger partial charge in [0, 0.05) is 0 Å². The molecule has 5 heteroatoms. The van der Waals surface area contributed by atoms with E-state index in [4.69, 9.17) is 4.42 Å². The van der Waals surface area contributed by atoms with E-state index in [1.54, 1.807) is 6.07 Å². The van der Waals surface area contributed by atoms with Crippen LogP contribution in [0.25, 0.3) is 11.0 Å². The summed E-state index contributed by atoms with van der Waals surface area (Å²) in [6.45, 7) is 1.88. The van der Waals surface area contributed by atoms with E-state index >= 15 is 0 Å². The first-order valence-corrected chi connectivity index (χ1v) is 6.02. The molecule has 0 saturated heterocycles. The minimum atomic E-state index is -0.199. The Hall–Kier alpha value is -2.56. The topological polar surface area (TPSA) is 70.9 Å². The molecule has 2 N–H and O–H groups in total. The first kappa shape index (κ1) is 11.5. The molecule has 3 rings (SSSR count). The van der Waals surface area contributed by atoms with Crippen molar-refractivity contribution in [3.05, 3.63) is 54.2 Å². The number of hydrogen-bond donors (Lipinski definition) is 2. The second-order valence-corrected chi connectivity index (χ2v) is 4.35. The maximum absolute atomic E-state index is 11.9. The number of para-hydroxylation sites is 2. The van der Waals surface area contributed by atoms with E-state index in [-0.39, 0.29) is 11.9 Å². The molecule has 1 atom stereocenters. The number of furan rings is 1. The number of benzene rings is 1. The van der Waals surface area contributed by atoms with Crippen molar-refractivity contribution in [3.63, 3.8) is 0 Å². The van der Waals surface area contributed by atoms with E-state index < -0.39 is 0 Å². The van der Waals surface area contributed by atoms with Crippen molar-refractivity contribution in [2.45, 2.75) is 13.0 Å². The zero-order valence-corrected chi connectivity index (χ0v) is 10.4. The second kappa shape index (κ2) is 4.61. The third-order valence-corrected chi connectivity index (χ3v) is 2.95. The van der Waals surface area contributed by atoms with Gasteiger partial charge in [-0.15, -0.1) is 0 Å². The molecule has 0 spiro atoms. The van der Waals surface area contributed by atoms with Gasteiger partial charge in [-0.3, -0.25) is 4.79 Å². The van der Waals surface area contributed by atoms with Crippen molar-refractivity contribution < 1.29 is 9.21 Å². The van der Waals surface area contributed by atoms with Crippen molar-refractivity contribution >= 4 is 16.9 Å². The maximum Gasteiger partial charge on any atom is 0.255 e. The summed E-state index contributed by atoms with van der Waals surface area (Å²) < 4.78 is 4.89. The van der Waals surface area contributed by atoms with Crippen LogP contribution in [-0.4, -0.2) is 15.9 Å². The molecule has 5 nitrogen and oxygen atoms in total. The molecule has 2 heterocycles. The van der Waals surface area contributed by atoms with Crippen LogP contribution >= 0.6 is 0 Å². The van der Waals surface area contributed by atoms with Gasteiger partial charge in [0.25, 0.3) is 5.91 Å². The molecule has 0 aliphatic carbocycles. The summed E-state index contributed by atoms with van der Waals surface area (Å²) in [5, 5.41) is 2.87. The average molecular weight is 255 g/mol.